The van der Waals surface area contributed by atoms with E-state index < -0.39 is 24.1 Å². The number of carboxylic acid groups (broad SMARTS) is 2. The summed E-state index contributed by atoms with van der Waals surface area (Å²) in [5.41, 5.74) is 5.11. The van der Waals surface area contributed by atoms with Gasteiger partial charge in [0.1, 0.15) is 0 Å². The number of aromatic nitrogens is 1. The van der Waals surface area contributed by atoms with E-state index in [1.54, 1.807) is 6.20 Å². The second kappa shape index (κ2) is 12.2. The Labute approximate surface area is 204 Å². The van der Waals surface area contributed by atoms with Gasteiger partial charge < -0.3 is 30.4 Å². The fraction of sp³-hybridized carbons (Fsp3) is 0.500. The van der Waals surface area contributed by atoms with E-state index in [1.165, 1.54) is 42.6 Å². The van der Waals surface area contributed by atoms with Crippen molar-refractivity contribution in [2.45, 2.75) is 56.8 Å². The molecular formula is C26H34N2O7. The highest BCUT2D eigenvalue weighted by atomic mass is 16.4. The van der Waals surface area contributed by atoms with Crippen LogP contribution in [-0.4, -0.2) is 79.2 Å². The molecule has 0 bridgehead atoms. The lowest BCUT2D eigenvalue weighted by atomic mass is 9.83. The normalized spacial score (nSPS) is 22.3. The molecule has 0 radical (unpaired) electrons. The minimum absolute atomic E-state index is 0.389. The van der Waals surface area contributed by atoms with Crippen LogP contribution in [0, 0.1) is 12.8 Å². The summed E-state index contributed by atoms with van der Waals surface area (Å²) in [7, 11) is 0. The Bertz CT molecular complexity index is 989. The van der Waals surface area contributed by atoms with E-state index in [0.29, 0.717) is 11.8 Å². The van der Waals surface area contributed by atoms with Gasteiger partial charge in [0.15, 0.2) is 12.2 Å². The summed E-state index contributed by atoms with van der Waals surface area (Å²) in [5.74, 6) is -2.29. The average Bonchev–Trinajstić information content (AvgIpc) is 2.84. The molecule has 4 rings (SSSR count). The molecular weight excluding hydrogens is 452 g/mol. The molecule has 0 spiro atoms. The summed E-state index contributed by atoms with van der Waals surface area (Å²) < 4.78 is 0. The van der Waals surface area contributed by atoms with Gasteiger partial charge in [0.25, 0.3) is 0 Å². The number of pyridine rings is 1. The van der Waals surface area contributed by atoms with Crippen LogP contribution < -0.4 is 0 Å². The maximum atomic E-state index is 10.4. The minimum atomic E-state index is -2.27. The van der Waals surface area contributed by atoms with Gasteiger partial charge in [0, 0.05) is 12.7 Å². The Morgan fingerprint density at radius 2 is 1.66 bits per heavy atom. The molecule has 0 saturated carbocycles. The van der Waals surface area contributed by atoms with Crippen LogP contribution in [0.25, 0.3) is 0 Å². The SMILES string of the molecule is Cc1ccccc1C1CCN(C[C@@H]2Cc3cccnc3[C@@H](O)C2)CC1.O=C(O)[C@H](O)[C@@H](O)C(=O)O. The topological polar surface area (TPSA) is 151 Å². The van der Waals surface area contributed by atoms with Crippen molar-refractivity contribution in [2.24, 2.45) is 5.92 Å². The number of fused-ring (bicyclic) bond motifs is 1. The number of aliphatic carboxylic acids is 2. The molecule has 2 aromatic rings. The maximum absolute atomic E-state index is 10.4. The first kappa shape index (κ1) is 26.7. The van der Waals surface area contributed by atoms with Gasteiger partial charge in [-0.05, 0) is 80.3 Å². The van der Waals surface area contributed by atoms with Crippen LogP contribution in [0.5, 0.6) is 0 Å². The van der Waals surface area contributed by atoms with E-state index in [-0.39, 0.29) is 6.10 Å². The van der Waals surface area contributed by atoms with Gasteiger partial charge in [-0.15, -0.1) is 0 Å². The molecule has 4 atom stereocenters. The molecule has 9 heteroatoms. The molecule has 1 aliphatic heterocycles. The first-order valence-electron chi connectivity index (χ1n) is 11.9. The van der Waals surface area contributed by atoms with Gasteiger partial charge in [-0.25, -0.2) is 9.59 Å². The first-order chi connectivity index (χ1) is 16.7. The molecule has 1 saturated heterocycles. The van der Waals surface area contributed by atoms with Crippen LogP contribution in [0.1, 0.15) is 53.7 Å². The van der Waals surface area contributed by atoms with E-state index in [9.17, 15) is 14.7 Å². The minimum Gasteiger partial charge on any atom is -0.479 e. The van der Waals surface area contributed by atoms with E-state index >= 15 is 0 Å². The Kier molecular flexibility index (Phi) is 9.33. The fourth-order valence-electron chi connectivity index (χ4n) is 4.99. The van der Waals surface area contributed by atoms with Gasteiger partial charge in [-0.3, -0.25) is 4.98 Å². The number of aliphatic hydroxyl groups is 3. The number of aliphatic hydroxyl groups excluding tert-OH is 3. The number of nitrogens with zero attached hydrogens (tertiary/aromatic N) is 2. The lowest BCUT2D eigenvalue weighted by Gasteiger charge is -2.37. The zero-order valence-electron chi connectivity index (χ0n) is 19.8. The van der Waals surface area contributed by atoms with E-state index in [1.807, 2.05) is 6.07 Å². The highest BCUT2D eigenvalue weighted by Crippen LogP contribution is 2.34. The second-order valence-corrected chi connectivity index (χ2v) is 9.37. The molecule has 2 heterocycles. The number of benzene rings is 1. The highest BCUT2D eigenvalue weighted by Gasteiger charge is 2.30. The van der Waals surface area contributed by atoms with Gasteiger partial charge in [-0.1, -0.05) is 30.3 Å². The predicted octanol–water partition coefficient (Wildman–Crippen LogP) is 1.74. The van der Waals surface area contributed by atoms with E-state index in [4.69, 9.17) is 20.4 Å². The first-order valence-corrected chi connectivity index (χ1v) is 11.9. The molecule has 190 valence electrons. The molecule has 5 N–H and O–H groups in total. The van der Waals surface area contributed by atoms with Crippen molar-refractivity contribution in [3.8, 4) is 0 Å². The van der Waals surface area contributed by atoms with Crippen LogP contribution in [0.2, 0.25) is 0 Å². The number of carboxylic acids is 2. The predicted molar refractivity (Wildman–Crippen MR) is 128 cm³/mol. The molecule has 0 unspecified atom stereocenters. The van der Waals surface area contributed by atoms with Crippen LogP contribution >= 0.6 is 0 Å². The molecule has 1 aromatic heterocycles. The molecule has 0 amide bonds. The Morgan fingerprint density at radius 3 is 2.26 bits per heavy atom. The van der Waals surface area contributed by atoms with Gasteiger partial charge in [0.2, 0.25) is 0 Å². The van der Waals surface area contributed by atoms with Crippen molar-refractivity contribution in [3.63, 3.8) is 0 Å². The number of hydrogen-bond donors (Lipinski definition) is 5. The summed E-state index contributed by atoms with van der Waals surface area (Å²) >= 11 is 0. The van der Waals surface area contributed by atoms with Crippen molar-refractivity contribution < 1.29 is 35.1 Å². The Hall–Kier alpha value is -2.85. The summed E-state index contributed by atoms with van der Waals surface area (Å²) in [5, 5.41) is 42.9. The number of rotatable bonds is 6. The molecule has 9 nitrogen and oxygen atoms in total. The third kappa shape index (κ3) is 7.08. The highest BCUT2D eigenvalue weighted by molar-refractivity contribution is 5.83. The van der Waals surface area contributed by atoms with Crippen molar-refractivity contribution >= 4 is 11.9 Å². The third-order valence-corrected chi connectivity index (χ3v) is 6.84. The summed E-state index contributed by atoms with van der Waals surface area (Å²) in [4.78, 5) is 26.5. The molecule has 1 fully saturated rings. The molecule has 35 heavy (non-hydrogen) atoms. The van der Waals surface area contributed by atoms with Gasteiger partial charge in [-0.2, -0.15) is 0 Å². The second-order valence-electron chi connectivity index (χ2n) is 9.37. The number of carbonyl (C=O) groups is 2. The summed E-state index contributed by atoms with van der Waals surface area (Å²) in [6.07, 6.45) is 1.27. The van der Waals surface area contributed by atoms with Gasteiger partial charge >= 0.3 is 11.9 Å². The number of aryl methyl sites for hydroxylation is 1. The molecule has 1 aliphatic carbocycles. The average molecular weight is 487 g/mol. The van der Waals surface area contributed by atoms with Crippen LogP contribution in [0.4, 0.5) is 0 Å². The number of piperidine rings is 1. The third-order valence-electron chi connectivity index (χ3n) is 6.84. The standard InChI is InChI=1S/C22H28N2O.C4H6O6/c1-16-5-2-3-7-20(16)18-8-11-24(12-9-18)15-17-13-19-6-4-10-23-22(19)21(25)14-17;5-1(3(7)8)2(6)4(9)10/h2-7,10,17-18,21,25H,8-9,11-15H2,1H3;1-2,5-6H,(H,7,8)(H,9,10)/t17-,21+;1-,2-/m11/s1. The van der Waals surface area contributed by atoms with Crippen molar-refractivity contribution in [1.29, 1.82) is 0 Å². The lowest BCUT2D eigenvalue weighted by Crippen LogP contribution is -2.39. The van der Waals surface area contributed by atoms with E-state index in [2.05, 4.69) is 47.1 Å². The zero-order chi connectivity index (χ0) is 25.5. The monoisotopic (exact) mass is 486 g/mol. The lowest BCUT2D eigenvalue weighted by molar-refractivity contribution is -0.165. The quantitative estimate of drug-likeness (QED) is 0.411. The van der Waals surface area contributed by atoms with Crippen molar-refractivity contribution in [1.82, 2.24) is 9.88 Å². The smallest absolute Gasteiger partial charge is 0.335 e. The summed E-state index contributed by atoms with van der Waals surface area (Å²) in [6, 6.07) is 13.0. The Balaban J connectivity index is 0.000000292. The van der Waals surface area contributed by atoms with Crippen molar-refractivity contribution in [2.75, 3.05) is 19.6 Å². The van der Waals surface area contributed by atoms with Crippen molar-refractivity contribution in [3.05, 3.63) is 65.0 Å². The fourth-order valence-corrected chi connectivity index (χ4v) is 4.99. The van der Waals surface area contributed by atoms with Gasteiger partial charge in [0.05, 0.1) is 11.8 Å². The Morgan fingerprint density at radius 1 is 1.03 bits per heavy atom. The summed E-state index contributed by atoms with van der Waals surface area (Å²) in [6.45, 7) is 5.68. The number of likely N-dealkylation sites (tertiary alicyclic amines) is 1. The maximum Gasteiger partial charge on any atom is 0.335 e. The molecule has 1 aromatic carbocycles. The number of hydrogen-bond acceptors (Lipinski definition) is 7. The van der Waals surface area contributed by atoms with Crippen LogP contribution in [0.3, 0.4) is 0 Å². The molecule has 2 aliphatic rings. The zero-order valence-corrected chi connectivity index (χ0v) is 19.8. The van der Waals surface area contributed by atoms with Crippen LogP contribution in [0.15, 0.2) is 42.6 Å². The van der Waals surface area contributed by atoms with E-state index in [0.717, 1.165) is 25.1 Å². The van der Waals surface area contributed by atoms with Crippen LogP contribution in [-0.2, 0) is 16.0 Å². The largest absolute Gasteiger partial charge is 0.479 e.